The number of hydrogen-bond donors (Lipinski definition) is 0. The summed E-state index contributed by atoms with van der Waals surface area (Å²) in [5, 5.41) is 0.0581. The fourth-order valence-corrected chi connectivity index (χ4v) is 3.28. The number of alkyl halides is 1. The molecule has 3 nitrogen and oxygen atoms in total. The molecule has 0 spiro atoms. The lowest BCUT2D eigenvalue weighted by atomic mass is 9.93. The van der Waals surface area contributed by atoms with E-state index in [2.05, 4.69) is 0 Å². The van der Waals surface area contributed by atoms with E-state index in [1.807, 2.05) is 45.2 Å². The van der Waals surface area contributed by atoms with Gasteiger partial charge in [-0.05, 0) is 44.9 Å². The van der Waals surface area contributed by atoms with Gasteiger partial charge in [0.05, 0.1) is 11.5 Å². The lowest BCUT2D eigenvalue weighted by Crippen LogP contribution is -2.44. The van der Waals surface area contributed by atoms with Crippen molar-refractivity contribution in [1.82, 2.24) is 4.90 Å². The Bertz CT molecular complexity index is 489. The minimum atomic E-state index is 0.0155. The summed E-state index contributed by atoms with van der Waals surface area (Å²) in [6.45, 7) is 3.95. The zero-order valence-corrected chi connectivity index (χ0v) is 13.8. The van der Waals surface area contributed by atoms with E-state index in [1.165, 1.54) is 0 Å². The van der Waals surface area contributed by atoms with Crippen molar-refractivity contribution in [3.05, 3.63) is 29.8 Å². The van der Waals surface area contributed by atoms with Gasteiger partial charge in [0, 0.05) is 18.7 Å². The van der Waals surface area contributed by atoms with Gasteiger partial charge in [-0.2, -0.15) is 0 Å². The van der Waals surface area contributed by atoms with Gasteiger partial charge in [0.1, 0.15) is 5.75 Å². The average molecular weight is 310 g/mol. The van der Waals surface area contributed by atoms with Gasteiger partial charge < -0.3 is 9.64 Å². The normalized spacial score (nSPS) is 22.1. The van der Waals surface area contributed by atoms with E-state index in [1.54, 1.807) is 4.90 Å². The second kappa shape index (κ2) is 7.17. The maximum absolute atomic E-state index is 12.6. The highest BCUT2D eigenvalue weighted by Gasteiger charge is 2.29. The molecule has 0 radical (unpaired) electrons. The Morgan fingerprint density at radius 1 is 1.33 bits per heavy atom. The number of carbonyl (C=O) groups excluding carboxylic acids is 1. The van der Waals surface area contributed by atoms with E-state index in [0.717, 1.165) is 31.4 Å². The Balaban J connectivity index is 2.11. The van der Waals surface area contributed by atoms with Crippen LogP contribution in [0.15, 0.2) is 24.3 Å². The lowest BCUT2D eigenvalue weighted by molar-refractivity contribution is 0.0699. The number of carbonyl (C=O) groups is 1. The zero-order valence-electron chi connectivity index (χ0n) is 13.0. The van der Waals surface area contributed by atoms with E-state index >= 15 is 0 Å². The summed E-state index contributed by atoms with van der Waals surface area (Å²) in [6, 6.07) is 7.50. The Morgan fingerprint density at radius 2 is 2.05 bits per heavy atom. The van der Waals surface area contributed by atoms with E-state index in [9.17, 15) is 4.79 Å². The Labute approximate surface area is 132 Å². The molecule has 0 heterocycles. The molecular weight excluding hydrogens is 286 g/mol. The zero-order chi connectivity index (χ0) is 15.4. The Kier molecular flexibility index (Phi) is 5.51. The van der Waals surface area contributed by atoms with Gasteiger partial charge in [-0.25, -0.2) is 0 Å². The van der Waals surface area contributed by atoms with Gasteiger partial charge in [0.25, 0.3) is 5.91 Å². The van der Waals surface area contributed by atoms with Crippen LogP contribution in [0.5, 0.6) is 5.75 Å². The maximum atomic E-state index is 12.6. The SMILES string of the molecule is CC(C)Oc1cccc(C(=O)N(C)C2CCCCC2Cl)c1. The molecule has 1 fully saturated rings. The smallest absolute Gasteiger partial charge is 0.254 e. The summed E-state index contributed by atoms with van der Waals surface area (Å²) >= 11 is 6.39. The summed E-state index contributed by atoms with van der Waals surface area (Å²) in [7, 11) is 1.85. The van der Waals surface area contributed by atoms with Crippen LogP contribution in [0.2, 0.25) is 0 Å². The standard InChI is InChI=1S/C17H24ClNO2/c1-12(2)21-14-8-6-7-13(11-14)17(20)19(3)16-10-5-4-9-15(16)18/h6-8,11-12,15-16H,4-5,9-10H2,1-3H3. The van der Waals surface area contributed by atoms with Crippen LogP contribution in [-0.2, 0) is 0 Å². The predicted octanol–water partition coefficient (Wildman–Crippen LogP) is 4.10. The highest BCUT2D eigenvalue weighted by atomic mass is 35.5. The van der Waals surface area contributed by atoms with E-state index in [0.29, 0.717) is 5.56 Å². The van der Waals surface area contributed by atoms with Crippen LogP contribution in [0.1, 0.15) is 49.9 Å². The predicted molar refractivity (Wildman–Crippen MR) is 86.2 cm³/mol. The van der Waals surface area contributed by atoms with Crippen LogP contribution in [0.3, 0.4) is 0 Å². The van der Waals surface area contributed by atoms with Crippen molar-refractivity contribution in [2.75, 3.05) is 7.05 Å². The van der Waals surface area contributed by atoms with Crippen molar-refractivity contribution in [1.29, 1.82) is 0 Å². The van der Waals surface area contributed by atoms with Crippen LogP contribution < -0.4 is 4.74 Å². The van der Waals surface area contributed by atoms with Crippen LogP contribution in [0.25, 0.3) is 0 Å². The molecule has 1 aromatic rings. The molecular formula is C17H24ClNO2. The van der Waals surface area contributed by atoms with Crippen LogP contribution in [0.4, 0.5) is 0 Å². The molecule has 2 rings (SSSR count). The van der Waals surface area contributed by atoms with E-state index in [-0.39, 0.29) is 23.4 Å². The summed E-state index contributed by atoms with van der Waals surface area (Å²) in [5.41, 5.74) is 0.657. The largest absolute Gasteiger partial charge is 0.491 e. The molecule has 4 heteroatoms. The van der Waals surface area contributed by atoms with Crippen LogP contribution >= 0.6 is 11.6 Å². The first-order chi connectivity index (χ1) is 9.99. The fraction of sp³-hybridized carbons (Fsp3) is 0.588. The molecule has 1 amide bonds. The number of benzene rings is 1. The van der Waals surface area contributed by atoms with Crippen molar-refractivity contribution in [2.24, 2.45) is 0 Å². The minimum absolute atomic E-state index is 0.0155. The van der Waals surface area contributed by atoms with Gasteiger partial charge in [0.15, 0.2) is 0 Å². The first-order valence-electron chi connectivity index (χ1n) is 7.67. The summed E-state index contributed by atoms with van der Waals surface area (Å²) in [6.07, 6.45) is 4.37. The third-order valence-electron chi connectivity index (χ3n) is 3.92. The summed E-state index contributed by atoms with van der Waals surface area (Å²) in [5.74, 6) is 0.747. The highest BCUT2D eigenvalue weighted by molar-refractivity contribution is 6.21. The van der Waals surface area contributed by atoms with E-state index in [4.69, 9.17) is 16.3 Å². The van der Waals surface area contributed by atoms with Gasteiger partial charge in [0.2, 0.25) is 0 Å². The topological polar surface area (TPSA) is 29.5 Å². The van der Waals surface area contributed by atoms with Crippen molar-refractivity contribution in [3.8, 4) is 5.75 Å². The van der Waals surface area contributed by atoms with Gasteiger partial charge in [-0.15, -0.1) is 11.6 Å². The molecule has 0 bridgehead atoms. The first kappa shape index (κ1) is 16.2. The summed E-state index contributed by atoms with van der Waals surface area (Å²) < 4.78 is 5.65. The molecule has 1 aromatic carbocycles. The molecule has 2 unspecified atom stereocenters. The van der Waals surface area contributed by atoms with Crippen molar-refractivity contribution in [2.45, 2.75) is 57.1 Å². The lowest BCUT2D eigenvalue weighted by Gasteiger charge is -2.35. The van der Waals surface area contributed by atoms with Crippen LogP contribution in [-0.4, -0.2) is 35.4 Å². The molecule has 2 atom stereocenters. The highest BCUT2D eigenvalue weighted by Crippen LogP contribution is 2.28. The van der Waals surface area contributed by atoms with Gasteiger partial charge >= 0.3 is 0 Å². The van der Waals surface area contributed by atoms with Gasteiger partial charge in [-0.1, -0.05) is 18.9 Å². The maximum Gasteiger partial charge on any atom is 0.254 e. The molecule has 0 aromatic heterocycles. The molecule has 21 heavy (non-hydrogen) atoms. The summed E-state index contributed by atoms with van der Waals surface area (Å²) in [4.78, 5) is 14.4. The monoisotopic (exact) mass is 309 g/mol. The Hall–Kier alpha value is -1.22. The fourth-order valence-electron chi connectivity index (χ4n) is 2.83. The first-order valence-corrected chi connectivity index (χ1v) is 8.10. The van der Waals surface area contributed by atoms with E-state index < -0.39 is 0 Å². The molecule has 1 saturated carbocycles. The third kappa shape index (κ3) is 4.13. The van der Waals surface area contributed by atoms with Crippen molar-refractivity contribution in [3.63, 3.8) is 0 Å². The second-order valence-corrected chi connectivity index (χ2v) is 6.54. The molecule has 116 valence electrons. The second-order valence-electron chi connectivity index (χ2n) is 5.98. The van der Waals surface area contributed by atoms with Crippen molar-refractivity contribution >= 4 is 17.5 Å². The number of rotatable bonds is 4. The third-order valence-corrected chi connectivity index (χ3v) is 4.43. The quantitative estimate of drug-likeness (QED) is 0.784. The molecule has 0 saturated heterocycles. The number of ether oxygens (including phenoxy) is 1. The minimum Gasteiger partial charge on any atom is -0.491 e. The number of hydrogen-bond acceptors (Lipinski definition) is 2. The number of halogens is 1. The van der Waals surface area contributed by atoms with Gasteiger partial charge in [-0.3, -0.25) is 4.79 Å². The molecule has 0 aliphatic heterocycles. The number of nitrogens with zero attached hydrogens (tertiary/aromatic N) is 1. The van der Waals surface area contributed by atoms with Crippen molar-refractivity contribution < 1.29 is 9.53 Å². The van der Waals surface area contributed by atoms with Crippen LogP contribution in [0, 0.1) is 0 Å². The molecule has 0 N–H and O–H groups in total. The number of amides is 1. The molecule has 1 aliphatic rings. The Morgan fingerprint density at radius 3 is 2.71 bits per heavy atom. The average Bonchev–Trinajstić information content (AvgIpc) is 2.46. The molecule has 1 aliphatic carbocycles.